The number of amides is 2. The summed E-state index contributed by atoms with van der Waals surface area (Å²) >= 11 is 1.24. The molecule has 0 aliphatic rings. The molecule has 11 nitrogen and oxygen atoms in total. The molecule has 33 heavy (non-hydrogen) atoms. The molecule has 1 atom stereocenters. The van der Waals surface area contributed by atoms with Crippen LogP contribution < -0.4 is 10.6 Å². The number of carbonyl (C=O) groups is 2. The lowest BCUT2D eigenvalue weighted by Gasteiger charge is -2.15. The van der Waals surface area contributed by atoms with Gasteiger partial charge in [0.15, 0.2) is 0 Å². The predicted molar refractivity (Wildman–Crippen MR) is 122 cm³/mol. The highest BCUT2D eigenvalue weighted by Crippen LogP contribution is 2.17. The fourth-order valence-electron chi connectivity index (χ4n) is 3.00. The third-order valence-corrected chi connectivity index (χ3v) is 5.78. The van der Waals surface area contributed by atoms with Crippen molar-refractivity contribution < 1.29 is 9.59 Å². The Bertz CT molecular complexity index is 1220. The van der Waals surface area contributed by atoms with Crippen LogP contribution in [0.2, 0.25) is 0 Å². The number of hydrogen-bond acceptors (Lipinski definition) is 8. The fourth-order valence-corrected chi connectivity index (χ4v) is 3.65. The summed E-state index contributed by atoms with van der Waals surface area (Å²) in [5.74, 6) is -0.224. The van der Waals surface area contributed by atoms with Gasteiger partial charge in [0.05, 0.1) is 17.5 Å². The topological polar surface area (TPSA) is 133 Å². The smallest absolute Gasteiger partial charge is 0.251 e. The van der Waals surface area contributed by atoms with E-state index in [1.165, 1.54) is 22.8 Å². The molecule has 2 aromatic carbocycles. The third-order valence-electron chi connectivity index (χ3n) is 4.77. The van der Waals surface area contributed by atoms with Crippen LogP contribution in [-0.2, 0) is 11.8 Å². The number of tetrazole rings is 1. The van der Waals surface area contributed by atoms with Crippen molar-refractivity contribution in [3.63, 3.8) is 0 Å². The Labute approximate surface area is 193 Å². The summed E-state index contributed by atoms with van der Waals surface area (Å²) in [5.41, 5.74) is 2.95. The van der Waals surface area contributed by atoms with Gasteiger partial charge in [-0.25, -0.2) is 14.3 Å². The van der Waals surface area contributed by atoms with Gasteiger partial charge in [0, 0.05) is 18.3 Å². The first-order valence-electron chi connectivity index (χ1n) is 10.0. The summed E-state index contributed by atoms with van der Waals surface area (Å²) in [6.45, 7) is 1.92. The number of anilines is 1. The number of aromatic nitrogens is 7. The van der Waals surface area contributed by atoms with E-state index in [0.717, 1.165) is 11.3 Å². The predicted octanol–water partition coefficient (Wildman–Crippen LogP) is 2.01. The minimum absolute atomic E-state index is 0.170. The molecule has 2 aromatic heterocycles. The van der Waals surface area contributed by atoms with Crippen LogP contribution in [0.3, 0.4) is 0 Å². The summed E-state index contributed by atoms with van der Waals surface area (Å²) in [6, 6.07) is 14.3. The molecule has 0 aliphatic carbocycles. The van der Waals surface area contributed by atoms with Crippen molar-refractivity contribution in [1.29, 1.82) is 0 Å². The van der Waals surface area contributed by atoms with Crippen molar-refractivity contribution >= 4 is 29.3 Å². The van der Waals surface area contributed by atoms with Crippen molar-refractivity contribution in [2.45, 2.75) is 18.1 Å². The first-order valence-corrected chi connectivity index (χ1v) is 11.0. The summed E-state index contributed by atoms with van der Waals surface area (Å²) < 4.78 is 3.16. The zero-order valence-electron chi connectivity index (χ0n) is 17.9. The van der Waals surface area contributed by atoms with Gasteiger partial charge in [-0.3, -0.25) is 9.59 Å². The Hall–Kier alpha value is -4.06. The fraction of sp³-hybridized carbons (Fsp3) is 0.190. The number of rotatable bonds is 8. The molecule has 2 N–H and O–H groups in total. The minimum atomic E-state index is -0.203. The van der Waals surface area contributed by atoms with E-state index < -0.39 is 0 Å². The van der Waals surface area contributed by atoms with Crippen LogP contribution in [0.4, 0.5) is 5.69 Å². The lowest BCUT2D eigenvalue weighted by Crippen LogP contribution is -2.26. The molecule has 4 aromatic rings. The molecule has 0 bridgehead atoms. The van der Waals surface area contributed by atoms with E-state index in [1.54, 1.807) is 42.3 Å². The van der Waals surface area contributed by atoms with E-state index in [-0.39, 0.29) is 23.6 Å². The Kier molecular flexibility index (Phi) is 6.74. The van der Waals surface area contributed by atoms with Crippen LogP contribution in [0.1, 0.15) is 28.9 Å². The molecule has 12 heteroatoms. The second-order valence-corrected chi connectivity index (χ2v) is 8.07. The maximum absolute atomic E-state index is 12.6. The average molecular weight is 464 g/mol. The zero-order chi connectivity index (χ0) is 23.2. The molecular weight excluding hydrogens is 442 g/mol. The van der Waals surface area contributed by atoms with Crippen molar-refractivity contribution in [3.8, 4) is 5.69 Å². The first-order chi connectivity index (χ1) is 16.0. The number of thioether (sulfide) groups is 1. The molecule has 0 saturated heterocycles. The molecule has 0 fully saturated rings. The molecule has 0 saturated carbocycles. The quantitative estimate of drug-likeness (QED) is 0.379. The second kappa shape index (κ2) is 10.0. The maximum Gasteiger partial charge on any atom is 0.251 e. The van der Waals surface area contributed by atoms with E-state index in [9.17, 15) is 9.59 Å². The molecule has 4 rings (SSSR count). The zero-order valence-corrected chi connectivity index (χ0v) is 18.7. The van der Waals surface area contributed by atoms with Gasteiger partial charge >= 0.3 is 0 Å². The van der Waals surface area contributed by atoms with Crippen molar-refractivity contribution in [3.05, 3.63) is 72.3 Å². The van der Waals surface area contributed by atoms with Gasteiger partial charge in [-0.05, 0) is 59.3 Å². The first kappa shape index (κ1) is 22.1. The van der Waals surface area contributed by atoms with E-state index in [4.69, 9.17) is 0 Å². The lowest BCUT2D eigenvalue weighted by molar-refractivity contribution is -0.113. The van der Waals surface area contributed by atoms with Crippen LogP contribution in [0, 0.1) is 0 Å². The van der Waals surface area contributed by atoms with Crippen LogP contribution in [0.5, 0.6) is 0 Å². The van der Waals surface area contributed by atoms with Gasteiger partial charge < -0.3 is 10.6 Å². The van der Waals surface area contributed by atoms with E-state index in [0.29, 0.717) is 16.4 Å². The van der Waals surface area contributed by atoms with Gasteiger partial charge in [-0.1, -0.05) is 23.9 Å². The summed E-state index contributed by atoms with van der Waals surface area (Å²) in [4.78, 5) is 28.7. The molecule has 2 amide bonds. The van der Waals surface area contributed by atoms with Crippen LogP contribution >= 0.6 is 11.8 Å². The molecule has 168 valence electrons. The molecule has 0 aliphatic heterocycles. The van der Waals surface area contributed by atoms with Crippen molar-refractivity contribution in [2.24, 2.45) is 7.05 Å². The number of benzene rings is 2. The van der Waals surface area contributed by atoms with E-state index in [2.05, 4.69) is 36.2 Å². The molecule has 2 heterocycles. The second-order valence-electron chi connectivity index (χ2n) is 7.13. The Balaban J connectivity index is 1.29. The van der Waals surface area contributed by atoms with Crippen LogP contribution in [0.15, 0.2) is 66.3 Å². The van der Waals surface area contributed by atoms with Crippen molar-refractivity contribution in [1.82, 2.24) is 40.3 Å². The highest BCUT2D eigenvalue weighted by atomic mass is 32.2. The largest absolute Gasteiger partial charge is 0.346 e. The normalized spacial score (nSPS) is 11.7. The van der Waals surface area contributed by atoms with Gasteiger partial charge in [0.2, 0.25) is 11.1 Å². The Morgan fingerprint density at radius 2 is 1.85 bits per heavy atom. The van der Waals surface area contributed by atoms with Gasteiger partial charge in [-0.2, -0.15) is 5.10 Å². The minimum Gasteiger partial charge on any atom is -0.346 e. The van der Waals surface area contributed by atoms with Crippen LogP contribution in [0.25, 0.3) is 5.69 Å². The number of nitrogens with zero attached hydrogens (tertiary/aromatic N) is 7. The molecule has 1 unspecified atom stereocenters. The highest BCUT2D eigenvalue weighted by molar-refractivity contribution is 7.99. The van der Waals surface area contributed by atoms with Gasteiger partial charge in [0.25, 0.3) is 5.91 Å². The number of carbonyl (C=O) groups excluding carboxylic acids is 2. The van der Waals surface area contributed by atoms with E-state index in [1.807, 2.05) is 31.2 Å². The van der Waals surface area contributed by atoms with E-state index >= 15 is 0 Å². The van der Waals surface area contributed by atoms with Gasteiger partial charge in [-0.15, -0.1) is 5.10 Å². The Morgan fingerprint density at radius 1 is 1.09 bits per heavy atom. The third kappa shape index (κ3) is 5.60. The number of hydrogen-bond donors (Lipinski definition) is 2. The van der Waals surface area contributed by atoms with Crippen molar-refractivity contribution in [2.75, 3.05) is 11.1 Å². The van der Waals surface area contributed by atoms with Crippen LogP contribution in [-0.4, -0.2) is 52.5 Å². The number of aryl methyl sites for hydroxylation is 1. The molecule has 0 spiro atoms. The standard InChI is InChI=1S/C21H21N9O2S/c1-14(15-5-9-18(10-6-15)30-13-22-12-23-30)24-20(32)16-3-7-17(8-4-16)25-19(31)11-33-21-26-27-28-29(21)2/h3-10,12-14H,11H2,1-2H3,(H,24,32)(H,25,31). The summed E-state index contributed by atoms with van der Waals surface area (Å²) in [7, 11) is 1.71. The summed E-state index contributed by atoms with van der Waals surface area (Å²) in [6.07, 6.45) is 3.10. The highest BCUT2D eigenvalue weighted by Gasteiger charge is 2.13. The molecular formula is C21H21N9O2S. The average Bonchev–Trinajstić information content (AvgIpc) is 3.50. The SMILES string of the molecule is CC(NC(=O)c1ccc(NC(=O)CSc2nnnn2C)cc1)c1ccc(-n2cncn2)cc1. The maximum atomic E-state index is 12.6. The monoisotopic (exact) mass is 463 g/mol. The number of nitrogens with one attached hydrogen (secondary N) is 2. The summed E-state index contributed by atoms with van der Waals surface area (Å²) in [5, 5.41) is 21.5. The molecule has 0 radical (unpaired) electrons. The lowest BCUT2D eigenvalue weighted by atomic mass is 10.1. The van der Waals surface area contributed by atoms with Gasteiger partial charge in [0.1, 0.15) is 12.7 Å². The Morgan fingerprint density at radius 3 is 2.48 bits per heavy atom.